The molecule has 2 N–H and O–H groups in total. The number of nitrogens with two attached hydrogens (primary N) is 1. The van der Waals surface area contributed by atoms with Gasteiger partial charge in [0, 0.05) is 25.3 Å². The lowest BCUT2D eigenvalue weighted by atomic mass is 10.1. The van der Waals surface area contributed by atoms with Crippen LogP contribution in [0, 0.1) is 0 Å². The lowest BCUT2D eigenvalue weighted by Crippen LogP contribution is -2.31. The van der Waals surface area contributed by atoms with Crippen molar-refractivity contribution in [2.75, 3.05) is 12.8 Å². The summed E-state index contributed by atoms with van der Waals surface area (Å²) in [5, 5.41) is 0.658. The van der Waals surface area contributed by atoms with Crippen LogP contribution in [0.25, 0.3) is 0 Å². The van der Waals surface area contributed by atoms with Crippen LogP contribution in [0.5, 0.6) is 0 Å². The van der Waals surface area contributed by atoms with Gasteiger partial charge in [-0.3, -0.25) is 4.79 Å². The number of anilines is 1. The molecule has 1 unspecified atom stereocenters. The van der Waals surface area contributed by atoms with E-state index < -0.39 is 0 Å². The van der Waals surface area contributed by atoms with Crippen LogP contribution < -0.4 is 5.73 Å². The van der Waals surface area contributed by atoms with Crippen molar-refractivity contribution in [1.82, 2.24) is 9.47 Å². The van der Waals surface area contributed by atoms with Crippen LogP contribution in [0.4, 0.5) is 5.69 Å². The summed E-state index contributed by atoms with van der Waals surface area (Å²) in [5.74, 6) is -0.0865. The van der Waals surface area contributed by atoms with Crippen LogP contribution in [0.3, 0.4) is 0 Å². The molecule has 4 nitrogen and oxygen atoms in total. The Morgan fingerprint density at radius 1 is 1.40 bits per heavy atom. The van der Waals surface area contributed by atoms with Crippen LogP contribution in [0.2, 0.25) is 5.02 Å². The smallest absolute Gasteiger partial charge is 0.270 e. The highest BCUT2D eigenvalue weighted by Crippen LogP contribution is 2.27. The molecule has 5 heteroatoms. The minimum Gasteiger partial charge on any atom is -0.397 e. The lowest BCUT2D eigenvalue weighted by molar-refractivity contribution is 0.0733. The summed E-state index contributed by atoms with van der Waals surface area (Å²) in [5.41, 5.74) is 7.78. The van der Waals surface area contributed by atoms with Gasteiger partial charge >= 0.3 is 0 Å². The molecule has 1 amide bonds. The number of aromatic nitrogens is 1. The number of nitrogen functional groups attached to an aromatic ring is 1. The average molecular weight is 292 g/mol. The highest BCUT2D eigenvalue weighted by molar-refractivity contribution is 6.31. The zero-order chi connectivity index (χ0) is 14.9. The second-order valence-corrected chi connectivity index (χ2v) is 5.29. The summed E-state index contributed by atoms with van der Waals surface area (Å²) in [6.45, 7) is 1.95. The van der Waals surface area contributed by atoms with Crippen LogP contribution in [-0.4, -0.2) is 22.4 Å². The number of halogens is 1. The van der Waals surface area contributed by atoms with Crippen LogP contribution in [0.15, 0.2) is 36.5 Å². The van der Waals surface area contributed by atoms with Gasteiger partial charge < -0.3 is 15.2 Å². The summed E-state index contributed by atoms with van der Waals surface area (Å²) in [7, 11) is 3.57. The Morgan fingerprint density at radius 3 is 2.60 bits per heavy atom. The highest BCUT2D eigenvalue weighted by Gasteiger charge is 2.22. The van der Waals surface area contributed by atoms with Gasteiger partial charge in [0.2, 0.25) is 0 Å². The van der Waals surface area contributed by atoms with Gasteiger partial charge in [-0.05, 0) is 24.6 Å². The molecule has 2 rings (SSSR count). The van der Waals surface area contributed by atoms with E-state index in [0.29, 0.717) is 16.4 Å². The van der Waals surface area contributed by atoms with E-state index in [1.807, 2.05) is 31.2 Å². The maximum Gasteiger partial charge on any atom is 0.270 e. The topological polar surface area (TPSA) is 51.3 Å². The summed E-state index contributed by atoms with van der Waals surface area (Å²) in [6, 6.07) is 9.10. The first-order chi connectivity index (χ1) is 9.41. The van der Waals surface area contributed by atoms with Gasteiger partial charge in [0.1, 0.15) is 5.69 Å². The maximum absolute atomic E-state index is 12.5. The first kappa shape index (κ1) is 14.5. The number of aryl methyl sites for hydroxylation is 1. The molecular formula is C15H18ClN3O. The number of rotatable bonds is 3. The molecule has 1 heterocycles. The summed E-state index contributed by atoms with van der Waals surface area (Å²) < 4.78 is 1.73. The molecule has 0 radical (unpaired) electrons. The monoisotopic (exact) mass is 291 g/mol. The minimum absolute atomic E-state index is 0.0865. The van der Waals surface area contributed by atoms with Crippen molar-refractivity contribution in [2.24, 2.45) is 7.05 Å². The second kappa shape index (κ2) is 5.59. The van der Waals surface area contributed by atoms with Crippen molar-refractivity contribution in [2.45, 2.75) is 13.0 Å². The third-order valence-corrected chi connectivity index (χ3v) is 3.85. The van der Waals surface area contributed by atoms with Gasteiger partial charge in [0.05, 0.1) is 11.7 Å². The molecule has 2 aromatic rings. The van der Waals surface area contributed by atoms with E-state index in [4.69, 9.17) is 17.3 Å². The minimum atomic E-state index is -0.118. The van der Waals surface area contributed by atoms with Crippen molar-refractivity contribution >= 4 is 23.2 Å². The third kappa shape index (κ3) is 2.65. The number of amides is 1. The molecule has 106 valence electrons. The molecule has 0 saturated carbocycles. The van der Waals surface area contributed by atoms with Gasteiger partial charge in [-0.1, -0.05) is 29.8 Å². The van der Waals surface area contributed by atoms with Crippen molar-refractivity contribution in [3.05, 3.63) is 52.8 Å². The summed E-state index contributed by atoms with van der Waals surface area (Å²) in [4.78, 5) is 14.2. The molecule has 0 fully saturated rings. The normalized spacial score (nSPS) is 12.2. The van der Waals surface area contributed by atoms with Gasteiger partial charge in [0.25, 0.3) is 5.91 Å². The molecule has 0 aliphatic carbocycles. The molecule has 1 aromatic carbocycles. The van der Waals surface area contributed by atoms with Crippen LogP contribution in [0.1, 0.15) is 29.0 Å². The van der Waals surface area contributed by atoms with Crippen molar-refractivity contribution < 1.29 is 4.79 Å². The number of nitrogens with zero attached hydrogens (tertiary/aromatic N) is 2. The maximum atomic E-state index is 12.5. The first-order valence-corrected chi connectivity index (χ1v) is 6.73. The van der Waals surface area contributed by atoms with Crippen molar-refractivity contribution in [3.8, 4) is 0 Å². The molecule has 20 heavy (non-hydrogen) atoms. The molecule has 1 atom stereocenters. The SMILES string of the molecule is CC(c1ccccc1Cl)N(C)C(=O)c1cc(N)cn1C. The van der Waals surface area contributed by atoms with E-state index in [1.165, 1.54) is 0 Å². The Morgan fingerprint density at radius 2 is 2.05 bits per heavy atom. The van der Waals surface area contributed by atoms with Crippen LogP contribution >= 0.6 is 11.6 Å². The van der Waals surface area contributed by atoms with Crippen LogP contribution in [-0.2, 0) is 7.05 Å². The molecule has 0 bridgehead atoms. The number of carbonyl (C=O) groups excluding carboxylic acids is 1. The zero-order valence-electron chi connectivity index (χ0n) is 11.8. The van der Waals surface area contributed by atoms with Gasteiger partial charge in [-0.25, -0.2) is 0 Å². The predicted octanol–water partition coefficient (Wildman–Crippen LogP) is 3.09. The number of hydrogen-bond acceptors (Lipinski definition) is 2. The molecule has 0 aliphatic rings. The van der Waals surface area contributed by atoms with Crippen molar-refractivity contribution in [3.63, 3.8) is 0 Å². The Labute approximate surface area is 123 Å². The molecule has 0 spiro atoms. The van der Waals surface area contributed by atoms with E-state index in [9.17, 15) is 4.79 Å². The second-order valence-electron chi connectivity index (χ2n) is 4.88. The Balaban J connectivity index is 2.27. The fourth-order valence-electron chi connectivity index (χ4n) is 2.18. The number of carbonyl (C=O) groups is 1. The Hall–Kier alpha value is -1.94. The number of benzene rings is 1. The fraction of sp³-hybridized carbons (Fsp3) is 0.267. The van der Waals surface area contributed by atoms with E-state index in [2.05, 4.69) is 0 Å². The largest absolute Gasteiger partial charge is 0.397 e. The molecular weight excluding hydrogens is 274 g/mol. The number of hydrogen-bond donors (Lipinski definition) is 1. The first-order valence-electron chi connectivity index (χ1n) is 6.35. The highest BCUT2D eigenvalue weighted by atomic mass is 35.5. The average Bonchev–Trinajstić information content (AvgIpc) is 2.76. The summed E-state index contributed by atoms with van der Waals surface area (Å²) in [6.07, 6.45) is 1.72. The van der Waals surface area contributed by atoms with E-state index in [0.717, 1.165) is 5.56 Å². The van der Waals surface area contributed by atoms with Gasteiger partial charge in [-0.15, -0.1) is 0 Å². The van der Waals surface area contributed by atoms with Gasteiger partial charge in [0.15, 0.2) is 0 Å². The van der Waals surface area contributed by atoms with E-state index >= 15 is 0 Å². The van der Waals surface area contributed by atoms with E-state index in [1.54, 1.807) is 35.8 Å². The summed E-state index contributed by atoms with van der Waals surface area (Å²) >= 11 is 6.19. The predicted molar refractivity (Wildman–Crippen MR) is 81.8 cm³/mol. The standard InChI is InChI=1S/C15H18ClN3O/c1-10(12-6-4-5-7-13(12)16)19(3)15(20)14-8-11(17)9-18(14)2/h4-10H,17H2,1-3H3. The lowest BCUT2D eigenvalue weighted by Gasteiger charge is -2.26. The molecule has 0 saturated heterocycles. The Bertz CT molecular complexity index is 636. The third-order valence-electron chi connectivity index (χ3n) is 3.50. The van der Waals surface area contributed by atoms with Gasteiger partial charge in [-0.2, -0.15) is 0 Å². The molecule has 1 aromatic heterocycles. The zero-order valence-corrected chi connectivity index (χ0v) is 12.6. The Kier molecular flexibility index (Phi) is 4.04. The van der Waals surface area contributed by atoms with E-state index in [-0.39, 0.29) is 11.9 Å². The van der Waals surface area contributed by atoms with Crippen molar-refractivity contribution in [1.29, 1.82) is 0 Å². The quantitative estimate of drug-likeness (QED) is 0.945. The molecule has 0 aliphatic heterocycles. The fourth-order valence-corrected chi connectivity index (χ4v) is 2.48.